The monoisotopic (exact) mass is 979 g/mol. The second kappa shape index (κ2) is 58.7. The summed E-state index contributed by atoms with van der Waals surface area (Å²) in [7, 11) is 0. The van der Waals surface area contributed by atoms with Gasteiger partial charge in [0.2, 0.25) is 0 Å². The molecule has 0 amide bonds. The first-order valence-electron chi connectivity index (χ1n) is 30.3. The smallest absolute Gasteiger partial charge is 0.306 e. The van der Waals surface area contributed by atoms with Crippen LogP contribution in [0.5, 0.6) is 0 Å². The highest BCUT2D eigenvalue weighted by atomic mass is 16.6. The van der Waals surface area contributed by atoms with Crippen LogP contribution < -0.4 is 0 Å². The van der Waals surface area contributed by atoms with Crippen molar-refractivity contribution in [2.45, 2.75) is 316 Å². The Hall–Kier alpha value is -2.89. The molecule has 1 unspecified atom stereocenters. The molecular formula is C64H114O6. The molecule has 0 bridgehead atoms. The molecule has 0 rings (SSSR count). The van der Waals surface area contributed by atoms with Gasteiger partial charge in [-0.05, 0) is 83.5 Å². The van der Waals surface area contributed by atoms with Crippen molar-refractivity contribution in [3.63, 3.8) is 0 Å². The number of hydrogen-bond acceptors (Lipinski definition) is 6. The molecule has 1 atom stereocenters. The van der Waals surface area contributed by atoms with Gasteiger partial charge in [-0.15, -0.1) is 0 Å². The Morgan fingerprint density at radius 3 is 0.914 bits per heavy atom. The largest absolute Gasteiger partial charge is 0.462 e. The SMILES string of the molecule is CC/C=C\C/C=C\C/C=C\C/C=C\CCCCCCCCCCCCCCCCCCCCCCCCC(=O)OCC(COC(=O)CCCCCCC)OC(=O)CCCCCCC/C=C\CCCCC. The highest BCUT2D eigenvalue weighted by Crippen LogP contribution is 2.17. The summed E-state index contributed by atoms with van der Waals surface area (Å²) in [4.78, 5) is 37.7. The number of esters is 3. The molecule has 6 nitrogen and oxygen atoms in total. The molecule has 406 valence electrons. The van der Waals surface area contributed by atoms with Gasteiger partial charge in [0.25, 0.3) is 0 Å². The Morgan fingerprint density at radius 1 is 0.300 bits per heavy atom. The molecule has 0 aromatic rings. The van der Waals surface area contributed by atoms with Crippen molar-refractivity contribution in [2.75, 3.05) is 13.2 Å². The fourth-order valence-corrected chi connectivity index (χ4v) is 8.72. The number of carbonyl (C=O) groups excluding carboxylic acids is 3. The molecule has 0 N–H and O–H groups in total. The molecule has 0 aliphatic heterocycles. The van der Waals surface area contributed by atoms with Crippen molar-refractivity contribution in [3.8, 4) is 0 Å². The van der Waals surface area contributed by atoms with Crippen LogP contribution in [0.15, 0.2) is 60.8 Å². The van der Waals surface area contributed by atoms with E-state index in [1.807, 2.05) is 0 Å². The van der Waals surface area contributed by atoms with E-state index < -0.39 is 6.10 Å². The number of hydrogen-bond donors (Lipinski definition) is 0. The summed E-state index contributed by atoms with van der Waals surface area (Å²) in [6.07, 6.45) is 74.4. The van der Waals surface area contributed by atoms with Crippen molar-refractivity contribution < 1.29 is 28.6 Å². The molecule has 0 heterocycles. The fraction of sp³-hybridized carbons (Fsp3) is 0.797. The summed E-state index contributed by atoms with van der Waals surface area (Å²) in [6.45, 7) is 6.43. The number of ether oxygens (including phenoxy) is 3. The van der Waals surface area contributed by atoms with Crippen LogP contribution in [-0.4, -0.2) is 37.2 Å². The average molecular weight is 980 g/mol. The van der Waals surface area contributed by atoms with Crippen LogP contribution >= 0.6 is 0 Å². The topological polar surface area (TPSA) is 78.9 Å². The minimum absolute atomic E-state index is 0.0732. The van der Waals surface area contributed by atoms with Crippen LogP contribution in [0.3, 0.4) is 0 Å². The van der Waals surface area contributed by atoms with E-state index in [0.717, 1.165) is 96.3 Å². The van der Waals surface area contributed by atoms with E-state index in [2.05, 4.69) is 81.5 Å². The predicted octanol–water partition coefficient (Wildman–Crippen LogP) is 20.4. The number of carbonyl (C=O) groups is 3. The van der Waals surface area contributed by atoms with Crippen LogP contribution in [0.4, 0.5) is 0 Å². The van der Waals surface area contributed by atoms with Gasteiger partial charge in [0.05, 0.1) is 0 Å². The third kappa shape index (κ3) is 56.0. The Morgan fingerprint density at radius 2 is 0.557 bits per heavy atom. The van der Waals surface area contributed by atoms with Crippen molar-refractivity contribution in [1.82, 2.24) is 0 Å². The maximum Gasteiger partial charge on any atom is 0.306 e. The molecule has 0 aliphatic carbocycles. The average Bonchev–Trinajstić information content (AvgIpc) is 3.36. The van der Waals surface area contributed by atoms with Crippen molar-refractivity contribution >= 4 is 17.9 Å². The number of rotatable bonds is 55. The molecule has 0 radical (unpaired) electrons. The summed E-state index contributed by atoms with van der Waals surface area (Å²) >= 11 is 0. The van der Waals surface area contributed by atoms with Crippen molar-refractivity contribution in [3.05, 3.63) is 60.8 Å². The minimum atomic E-state index is -0.770. The third-order valence-electron chi connectivity index (χ3n) is 13.3. The van der Waals surface area contributed by atoms with Gasteiger partial charge in [0, 0.05) is 19.3 Å². The second-order valence-electron chi connectivity index (χ2n) is 20.2. The van der Waals surface area contributed by atoms with Gasteiger partial charge in [-0.3, -0.25) is 14.4 Å². The zero-order chi connectivity index (χ0) is 50.7. The lowest BCUT2D eigenvalue weighted by Gasteiger charge is -2.18. The molecule has 0 fully saturated rings. The zero-order valence-electron chi connectivity index (χ0n) is 46.5. The molecule has 0 aromatic heterocycles. The van der Waals surface area contributed by atoms with Crippen LogP contribution in [0.25, 0.3) is 0 Å². The first-order chi connectivity index (χ1) is 34.5. The lowest BCUT2D eigenvalue weighted by Crippen LogP contribution is -2.30. The van der Waals surface area contributed by atoms with Gasteiger partial charge < -0.3 is 14.2 Å². The van der Waals surface area contributed by atoms with Gasteiger partial charge in [0.15, 0.2) is 6.10 Å². The van der Waals surface area contributed by atoms with E-state index in [0.29, 0.717) is 19.3 Å². The normalized spacial score (nSPS) is 12.4. The molecule has 0 aromatic carbocycles. The lowest BCUT2D eigenvalue weighted by molar-refractivity contribution is -0.167. The van der Waals surface area contributed by atoms with Gasteiger partial charge >= 0.3 is 17.9 Å². The predicted molar refractivity (Wildman–Crippen MR) is 302 cm³/mol. The van der Waals surface area contributed by atoms with Gasteiger partial charge in [-0.2, -0.15) is 0 Å². The highest BCUT2D eigenvalue weighted by molar-refractivity contribution is 5.71. The first-order valence-corrected chi connectivity index (χ1v) is 30.3. The summed E-state index contributed by atoms with van der Waals surface area (Å²) < 4.78 is 16.7. The lowest BCUT2D eigenvalue weighted by atomic mass is 10.0. The maximum absolute atomic E-state index is 12.7. The highest BCUT2D eigenvalue weighted by Gasteiger charge is 2.19. The van der Waals surface area contributed by atoms with E-state index in [1.165, 1.54) is 173 Å². The molecular weight excluding hydrogens is 865 g/mol. The number of allylic oxidation sites excluding steroid dienone is 10. The van der Waals surface area contributed by atoms with E-state index in [4.69, 9.17) is 14.2 Å². The van der Waals surface area contributed by atoms with Crippen molar-refractivity contribution in [2.24, 2.45) is 0 Å². The van der Waals surface area contributed by atoms with Gasteiger partial charge in [-0.25, -0.2) is 0 Å². The van der Waals surface area contributed by atoms with Crippen LogP contribution in [0, 0.1) is 0 Å². The Kier molecular flexibility index (Phi) is 56.3. The maximum atomic E-state index is 12.7. The van der Waals surface area contributed by atoms with E-state index in [-0.39, 0.29) is 31.1 Å². The molecule has 0 saturated carbocycles. The van der Waals surface area contributed by atoms with Gasteiger partial charge in [0.1, 0.15) is 13.2 Å². The van der Waals surface area contributed by atoms with E-state index in [9.17, 15) is 14.4 Å². The van der Waals surface area contributed by atoms with Crippen LogP contribution in [0.2, 0.25) is 0 Å². The third-order valence-corrected chi connectivity index (χ3v) is 13.3. The zero-order valence-corrected chi connectivity index (χ0v) is 46.5. The number of unbranched alkanes of at least 4 members (excludes halogenated alkanes) is 34. The van der Waals surface area contributed by atoms with Crippen molar-refractivity contribution in [1.29, 1.82) is 0 Å². The Bertz CT molecular complexity index is 1260. The molecule has 6 heteroatoms. The Balaban J connectivity index is 3.83. The van der Waals surface area contributed by atoms with E-state index in [1.54, 1.807) is 0 Å². The Labute approximate surface area is 434 Å². The standard InChI is InChI=1S/C64H114O6/c1-4-7-10-13-15-17-19-21-22-23-24-25-26-27-28-29-30-31-32-33-34-35-36-37-38-39-40-41-42-43-45-46-48-51-54-57-63(66)69-60-61(59-68-62(65)56-53-50-12-9-6-3)70-64(67)58-55-52-49-47-44-20-18-16-14-11-8-5-2/h7,10,15-18,21-22,24-25,61H,4-6,8-9,11-14,19-20,23,26-60H2,1-3H3/b10-7-,17-15-,18-16-,22-21-,25-24-. The molecule has 70 heavy (non-hydrogen) atoms. The summed E-state index contributed by atoms with van der Waals surface area (Å²) in [5.41, 5.74) is 0. The quantitative estimate of drug-likeness (QED) is 0.0261. The molecule has 0 saturated heterocycles. The summed E-state index contributed by atoms with van der Waals surface area (Å²) in [5, 5.41) is 0. The first kappa shape index (κ1) is 67.1. The second-order valence-corrected chi connectivity index (χ2v) is 20.2. The molecule has 0 spiro atoms. The van der Waals surface area contributed by atoms with Crippen LogP contribution in [-0.2, 0) is 28.6 Å². The van der Waals surface area contributed by atoms with Crippen LogP contribution in [0.1, 0.15) is 310 Å². The molecule has 0 aliphatic rings. The summed E-state index contributed by atoms with van der Waals surface area (Å²) in [6, 6.07) is 0. The van der Waals surface area contributed by atoms with E-state index >= 15 is 0 Å². The summed E-state index contributed by atoms with van der Waals surface area (Å²) in [5.74, 6) is -0.886. The fourth-order valence-electron chi connectivity index (χ4n) is 8.72. The van der Waals surface area contributed by atoms with Gasteiger partial charge in [-0.1, -0.05) is 268 Å². The minimum Gasteiger partial charge on any atom is -0.462 e.